The summed E-state index contributed by atoms with van der Waals surface area (Å²) in [5, 5.41) is 2.81. The van der Waals surface area contributed by atoms with E-state index in [1.165, 1.54) is 31.2 Å². The van der Waals surface area contributed by atoms with E-state index in [0.717, 1.165) is 17.7 Å². The third-order valence-corrected chi connectivity index (χ3v) is 5.17. The van der Waals surface area contributed by atoms with Gasteiger partial charge in [-0.1, -0.05) is 12.1 Å². The molecule has 1 atom stereocenters. The number of amides is 3. The quantitative estimate of drug-likeness (QED) is 0.624. The third-order valence-electron chi connectivity index (χ3n) is 5.17. The lowest BCUT2D eigenvalue weighted by atomic mass is 10.1. The number of carbonyl (C=O) groups excluding carboxylic acids is 4. The monoisotopic (exact) mass is 392 g/mol. The van der Waals surface area contributed by atoms with Crippen LogP contribution in [0.25, 0.3) is 0 Å². The van der Waals surface area contributed by atoms with Crippen LogP contribution in [0.1, 0.15) is 61.2 Å². The van der Waals surface area contributed by atoms with Crippen LogP contribution in [0.4, 0.5) is 5.69 Å². The van der Waals surface area contributed by atoms with Gasteiger partial charge in [0.2, 0.25) is 0 Å². The average Bonchev–Trinajstić information content (AvgIpc) is 3.33. The van der Waals surface area contributed by atoms with Crippen LogP contribution in [0.15, 0.2) is 42.5 Å². The number of hydrogen-bond acceptors (Lipinski definition) is 5. The Morgan fingerprint density at radius 1 is 1.07 bits per heavy atom. The predicted molar refractivity (Wildman–Crippen MR) is 105 cm³/mol. The fourth-order valence-electron chi connectivity index (χ4n) is 3.59. The minimum Gasteiger partial charge on any atom is -0.376 e. The zero-order chi connectivity index (χ0) is 20.5. The molecule has 0 unspecified atom stereocenters. The van der Waals surface area contributed by atoms with Crippen LogP contribution in [-0.4, -0.2) is 42.8 Å². The van der Waals surface area contributed by atoms with Crippen molar-refractivity contribution in [3.63, 3.8) is 0 Å². The van der Waals surface area contributed by atoms with Crippen molar-refractivity contribution in [2.24, 2.45) is 0 Å². The van der Waals surface area contributed by atoms with Crippen molar-refractivity contribution in [3.05, 3.63) is 64.7 Å². The number of anilines is 1. The molecule has 0 aliphatic carbocycles. The van der Waals surface area contributed by atoms with Gasteiger partial charge in [0, 0.05) is 24.3 Å². The first-order valence-corrected chi connectivity index (χ1v) is 9.49. The minimum absolute atomic E-state index is 0.0145. The first-order chi connectivity index (χ1) is 14.0. The Balaban J connectivity index is 1.57. The van der Waals surface area contributed by atoms with Crippen molar-refractivity contribution in [1.82, 2.24) is 5.32 Å². The molecule has 2 heterocycles. The van der Waals surface area contributed by atoms with Crippen LogP contribution in [-0.2, 0) is 4.74 Å². The molecule has 0 saturated carbocycles. The molecule has 0 radical (unpaired) electrons. The molecule has 2 aliphatic heterocycles. The highest BCUT2D eigenvalue weighted by Crippen LogP contribution is 2.29. The van der Waals surface area contributed by atoms with E-state index in [0.29, 0.717) is 30.0 Å². The number of hydrogen-bond donors (Lipinski definition) is 1. The maximum atomic E-state index is 12.9. The summed E-state index contributed by atoms with van der Waals surface area (Å²) in [6, 6.07) is 10.8. The molecule has 2 aromatic carbocycles. The van der Waals surface area contributed by atoms with Crippen molar-refractivity contribution in [1.29, 1.82) is 0 Å². The summed E-state index contributed by atoms with van der Waals surface area (Å²) in [6.45, 7) is 2.53. The molecular formula is C22H20N2O5. The van der Waals surface area contributed by atoms with Gasteiger partial charge in [-0.2, -0.15) is 0 Å². The smallest absolute Gasteiger partial charge is 0.266 e. The second kappa shape index (κ2) is 7.60. The van der Waals surface area contributed by atoms with Gasteiger partial charge in [0.05, 0.1) is 22.9 Å². The van der Waals surface area contributed by atoms with Gasteiger partial charge in [0.1, 0.15) is 0 Å². The Morgan fingerprint density at radius 3 is 2.59 bits per heavy atom. The zero-order valence-electron chi connectivity index (χ0n) is 15.9. The third kappa shape index (κ3) is 3.56. The van der Waals surface area contributed by atoms with E-state index in [1.54, 1.807) is 18.2 Å². The number of ether oxygens (including phenoxy) is 1. The van der Waals surface area contributed by atoms with Gasteiger partial charge in [-0.25, -0.2) is 4.90 Å². The molecule has 1 N–H and O–H groups in total. The maximum Gasteiger partial charge on any atom is 0.266 e. The van der Waals surface area contributed by atoms with Crippen molar-refractivity contribution < 1.29 is 23.9 Å². The molecule has 148 valence electrons. The summed E-state index contributed by atoms with van der Waals surface area (Å²) in [5.74, 6) is -1.47. The lowest BCUT2D eigenvalue weighted by Crippen LogP contribution is -2.31. The van der Waals surface area contributed by atoms with Crippen molar-refractivity contribution in [2.45, 2.75) is 25.9 Å². The Hall–Kier alpha value is -3.32. The number of carbonyl (C=O) groups is 4. The molecule has 3 amide bonds. The second-order valence-electron chi connectivity index (χ2n) is 7.16. The second-order valence-corrected chi connectivity index (χ2v) is 7.16. The molecular weight excluding hydrogens is 372 g/mol. The normalized spacial score (nSPS) is 18.1. The fourth-order valence-corrected chi connectivity index (χ4v) is 3.59. The Labute approximate surface area is 167 Å². The molecule has 0 bridgehead atoms. The zero-order valence-corrected chi connectivity index (χ0v) is 15.9. The van der Waals surface area contributed by atoms with Crippen LogP contribution in [0.3, 0.4) is 0 Å². The Morgan fingerprint density at radius 2 is 1.86 bits per heavy atom. The highest BCUT2D eigenvalue weighted by atomic mass is 16.5. The number of nitrogens with zero attached hydrogens (tertiary/aromatic N) is 1. The van der Waals surface area contributed by atoms with E-state index in [2.05, 4.69) is 5.32 Å². The summed E-state index contributed by atoms with van der Waals surface area (Å²) < 4.78 is 5.49. The molecule has 7 nitrogen and oxygen atoms in total. The molecule has 29 heavy (non-hydrogen) atoms. The topological polar surface area (TPSA) is 92.8 Å². The van der Waals surface area contributed by atoms with E-state index >= 15 is 0 Å². The summed E-state index contributed by atoms with van der Waals surface area (Å²) >= 11 is 0. The fraction of sp³-hybridized carbons (Fsp3) is 0.273. The van der Waals surface area contributed by atoms with Gasteiger partial charge in [-0.05, 0) is 50.1 Å². The van der Waals surface area contributed by atoms with E-state index in [9.17, 15) is 19.2 Å². The first kappa shape index (κ1) is 19.0. The molecule has 0 aromatic heterocycles. The highest BCUT2D eigenvalue weighted by molar-refractivity contribution is 6.34. The van der Waals surface area contributed by atoms with Crippen molar-refractivity contribution in [2.75, 3.05) is 18.1 Å². The lowest BCUT2D eigenvalue weighted by molar-refractivity contribution is 0.0857. The van der Waals surface area contributed by atoms with Crippen LogP contribution >= 0.6 is 0 Å². The van der Waals surface area contributed by atoms with E-state index in [-0.39, 0.29) is 28.9 Å². The van der Waals surface area contributed by atoms with E-state index in [4.69, 9.17) is 4.74 Å². The van der Waals surface area contributed by atoms with Gasteiger partial charge < -0.3 is 10.1 Å². The minimum atomic E-state index is -0.514. The van der Waals surface area contributed by atoms with Crippen molar-refractivity contribution >= 4 is 29.2 Å². The summed E-state index contributed by atoms with van der Waals surface area (Å²) in [7, 11) is 0. The largest absolute Gasteiger partial charge is 0.376 e. The lowest BCUT2D eigenvalue weighted by Gasteiger charge is -2.14. The SMILES string of the molecule is CC(=O)c1cccc(N2C(=O)c3ccc(C(=O)NC[C@H]4CCCO4)cc3C2=O)c1. The van der Waals surface area contributed by atoms with Crippen LogP contribution < -0.4 is 10.2 Å². The highest BCUT2D eigenvalue weighted by Gasteiger charge is 2.37. The predicted octanol–water partition coefficient (Wildman–Crippen LogP) is 2.60. The van der Waals surface area contributed by atoms with Crippen LogP contribution in [0.5, 0.6) is 0 Å². The number of fused-ring (bicyclic) bond motifs is 1. The molecule has 7 heteroatoms. The number of imide groups is 1. The average molecular weight is 392 g/mol. The standard InChI is InChI=1S/C22H20N2O5/c1-13(25)14-4-2-5-16(10-14)24-21(27)18-8-7-15(11-19(18)22(24)28)20(26)23-12-17-6-3-9-29-17/h2,4-5,7-8,10-11,17H,3,6,9,12H2,1H3,(H,23,26)/t17-/m1/s1. The first-order valence-electron chi connectivity index (χ1n) is 9.49. The molecule has 2 aromatic rings. The Bertz CT molecular complexity index is 1020. The van der Waals surface area contributed by atoms with E-state index < -0.39 is 11.8 Å². The molecule has 2 aliphatic rings. The number of ketones is 1. The summed E-state index contributed by atoms with van der Waals surface area (Å²) in [5.41, 5.74) is 1.45. The van der Waals surface area contributed by atoms with Gasteiger partial charge >= 0.3 is 0 Å². The summed E-state index contributed by atoms with van der Waals surface area (Å²) in [4.78, 5) is 50.8. The summed E-state index contributed by atoms with van der Waals surface area (Å²) in [6.07, 6.45) is 1.91. The molecule has 1 saturated heterocycles. The van der Waals surface area contributed by atoms with Crippen LogP contribution in [0, 0.1) is 0 Å². The molecule has 1 fully saturated rings. The van der Waals surface area contributed by atoms with Crippen molar-refractivity contribution in [3.8, 4) is 0 Å². The molecule has 0 spiro atoms. The van der Waals surface area contributed by atoms with Gasteiger partial charge in [0.15, 0.2) is 5.78 Å². The van der Waals surface area contributed by atoms with Gasteiger partial charge in [0.25, 0.3) is 17.7 Å². The Kier molecular flexibility index (Phi) is 4.98. The van der Waals surface area contributed by atoms with E-state index in [1.807, 2.05) is 0 Å². The number of rotatable bonds is 5. The van der Waals surface area contributed by atoms with Gasteiger partial charge in [-0.3, -0.25) is 19.2 Å². The number of Topliss-reactive ketones (excluding diaryl/α,β-unsaturated/α-hetero) is 1. The molecule has 4 rings (SSSR count). The number of benzene rings is 2. The maximum absolute atomic E-state index is 12.9. The van der Waals surface area contributed by atoms with Gasteiger partial charge in [-0.15, -0.1) is 0 Å². The van der Waals surface area contributed by atoms with Crippen LogP contribution in [0.2, 0.25) is 0 Å². The number of nitrogens with one attached hydrogen (secondary N) is 1.